The Bertz CT molecular complexity index is 873. The minimum atomic E-state index is -0.0612. The maximum atomic E-state index is 12.6. The molecule has 2 heterocycles. The van der Waals surface area contributed by atoms with Gasteiger partial charge in [0.15, 0.2) is 5.76 Å². The third-order valence-electron chi connectivity index (χ3n) is 3.98. The van der Waals surface area contributed by atoms with Crippen molar-refractivity contribution in [2.75, 3.05) is 13.3 Å². The van der Waals surface area contributed by atoms with Crippen molar-refractivity contribution in [3.8, 4) is 11.3 Å². The number of aryl methyl sites for hydroxylation is 1. The van der Waals surface area contributed by atoms with E-state index in [2.05, 4.69) is 22.5 Å². The van der Waals surface area contributed by atoms with Gasteiger partial charge in [0.25, 0.3) is 5.91 Å². The van der Waals surface area contributed by atoms with Crippen molar-refractivity contribution in [1.29, 1.82) is 0 Å². The summed E-state index contributed by atoms with van der Waals surface area (Å²) in [6.45, 7) is 2.25. The third-order valence-corrected chi connectivity index (χ3v) is 4.60. The SMILES string of the molecule is CSCc1ccc(-c2ccc(C(=O)N(C)Cc3cc(C)no3)cc2)nc1. The van der Waals surface area contributed by atoms with Crippen LogP contribution in [0.25, 0.3) is 11.3 Å². The maximum absolute atomic E-state index is 12.6. The predicted molar refractivity (Wildman–Crippen MR) is 104 cm³/mol. The molecular weight excluding hydrogens is 346 g/mol. The van der Waals surface area contributed by atoms with E-state index in [0.29, 0.717) is 17.9 Å². The molecule has 5 nitrogen and oxygen atoms in total. The van der Waals surface area contributed by atoms with Crippen LogP contribution in [0, 0.1) is 6.92 Å². The number of thioether (sulfide) groups is 1. The van der Waals surface area contributed by atoms with Gasteiger partial charge < -0.3 is 9.42 Å². The van der Waals surface area contributed by atoms with Crippen molar-refractivity contribution in [2.24, 2.45) is 0 Å². The molecule has 1 amide bonds. The first-order valence-electron chi connectivity index (χ1n) is 8.29. The van der Waals surface area contributed by atoms with E-state index in [4.69, 9.17) is 4.52 Å². The van der Waals surface area contributed by atoms with Crippen molar-refractivity contribution in [1.82, 2.24) is 15.0 Å². The van der Waals surface area contributed by atoms with Crippen LogP contribution in [0.1, 0.15) is 27.4 Å². The first-order valence-corrected chi connectivity index (χ1v) is 9.68. The summed E-state index contributed by atoms with van der Waals surface area (Å²) in [4.78, 5) is 18.7. The Morgan fingerprint density at radius 3 is 2.54 bits per heavy atom. The summed E-state index contributed by atoms with van der Waals surface area (Å²) in [5.74, 6) is 1.57. The molecule has 2 aromatic heterocycles. The molecule has 26 heavy (non-hydrogen) atoms. The number of aromatic nitrogens is 2. The van der Waals surface area contributed by atoms with Crippen molar-refractivity contribution in [3.05, 3.63) is 71.2 Å². The van der Waals surface area contributed by atoms with Crippen LogP contribution in [-0.2, 0) is 12.3 Å². The van der Waals surface area contributed by atoms with Gasteiger partial charge in [-0.1, -0.05) is 23.4 Å². The summed E-state index contributed by atoms with van der Waals surface area (Å²) in [7, 11) is 1.75. The summed E-state index contributed by atoms with van der Waals surface area (Å²) in [6, 6.07) is 13.5. The van der Waals surface area contributed by atoms with E-state index in [-0.39, 0.29) is 5.91 Å². The molecule has 3 rings (SSSR count). The molecule has 0 saturated heterocycles. The molecule has 3 aromatic rings. The monoisotopic (exact) mass is 367 g/mol. The number of rotatable bonds is 6. The molecule has 0 N–H and O–H groups in total. The zero-order chi connectivity index (χ0) is 18.5. The van der Waals surface area contributed by atoms with Crippen LogP contribution >= 0.6 is 11.8 Å². The van der Waals surface area contributed by atoms with Crippen LogP contribution in [0.2, 0.25) is 0 Å². The molecule has 0 saturated carbocycles. The van der Waals surface area contributed by atoms with Gasteiger partial charge in [-0.2, -0.15) is 11.8 Å². The quantitative estimate of drug-likeness (QED) is 0.654. The lowest BCUT2D eigenvalue weighted by Gasteiger charge is -2.15. The number of carbonyl (C=O) groups is 1. The standard InChI is InChI=1S/C20H21N3O2S/c1-14-10-18(25-22-14)12-23(2)20(24)17-7-5-16(6-8-17)19-9-4-15(11-21-19)13-26-3/h4-11H,12-13H2,1-3H3. The van der Waals surface area contributed by atoms with Crippen LogP contribution in [0.4, 0.5) is 0 Å². The number of hydrogen-bond acceptors (Lipinski definition) is 5. The third kappa shape index (κ3) is 4.32. The van der Waals surface area contributed by atoms with Crippen molar-refractivity contribution in [3.63, 3.8) is 0 Å². The minimum absolute atomic E-state index is 0.0612. The molecule has 1 aromatic carbocycles. The zero-order valence-electron chi connectivity index (χ0n) is 15.1. The summed E-state index contributed by atoms with van der Waals surface area (Å²) in [5, 5.41) is 3.84. The summed E-state index contributed by atoms with van der Waals surface area (Å²) in [5.41, 5.74) is 4.54. The molecule has 0 atom stereocenters. The van der Waals surface area contributed by atoms with Crippen molar-refractivity contribution >= 4 is 17.7 Å². The number of benzene rings is 1. The van der Waals surface area contributed by atoms with E-state index in [0.717, 1.165) is 22.7 Å². The fourth-order valence-corrected chi connectivity index (χ4v) is 3.15. The Hall–Kier alpha value is -2.60. The van der Waals surface area contributed by atoms with E-state index < -0.39 is 0 Å². The van der Waals surface area contributed by atoms with Gasteiger partial charge in [0.05, 0.1) is 17.9 Å². The molecule has 0 radical (unpaired) electrons. The second-order valence-corrected chi connectivity index (χ2v) is 7.02. The molecule has 0 aliphatic carbocycles. The summed E-state index contributed by atoms with van der Waals surface area (Å²) in [6.07, 6.45) is 3.97. The normalized spacial score (nSPS) is 10.7. The number of pyridine rings is 1. The Labute approximate surface area is 157 Å². The van der Waals surface area contributed by atoms with Gasteiger partial charge in [0.1, 0.15) is 0 Å². The van der Waals surface area contributed by atoms with E-state index in [1.807, 2.05) is 49.5 Å². The van der Waals surface area contributed by atoms with Gasteiger partial charge in [-0.3, -0.25) is 9.78 Å². The van der Waals surface area contributed by atoms with Gasteiger partial charge in [0, 0.05) is 36.2 Å². The molecule has 0 aliphatic rings. The Morgan fingerprint density at radius 2 is 1.96 bits per heavy atom. The zero-order valence-corrected chi connectivity index (χ0v) is 15.9. The maximum Gasteiger partial charge on any atom is 0.254 e. The first kappa shape index (κ1) is 18.2. The number of nitrogens with zero attached hydrogens (tertiary/aromatic N) is 3. The van der Waals surface area contributed by atoms with Gasteiger partial charge in [-0.05, 0) is 36.9 Å². The lowest BCUT2D eigenvalue weighted by Crippen LogP contribution is -2.25. The number of amides is 1. The lowest BCUT2D eigenvalue weighted by atomic mass is 10.1. The van der Waals surface area contributed by atoms with E-state index >= 15 is 0 Å². The van der Waals surface area contributed by atoms with Crippen LogP contribution in [0.5, 0.6) is 0 Å². The van der Waals surface area contributed by atoms with Gasteiger partial charge in [-0.25, -0.2) is 0 Å². The molecule has 0 unspecified atom stereocenters. The van der Waals surface area contributed by atoms with Crippen molar-refractivity contribution < 1.29 is 9.32 Å². The highest BCUT2D eigenvalue weighted by Crippen LogP contribution is 2.20. The number of hydrogen-bond donors (Lipinski definition) is 0. The fourth-order valence-electron chi connectivity index (χ4n) is 2.65. The van der Waals surface area contributed by atoms with Crippen molar-refractivity contribution in [2.45, 2.75) is 19.2 Å². The van der Waals surface area contributed by atoms with Gasteiger partial charge in [-0.15, -0.1) is 0 Å². The van der Waals surface area contributed by atoms with Crippen LogP contribution in [-0.4, -0.2) is 34.3 Å². The van der Waals surface area contributed by atoms with Gasteiger partial charge >= 0.3 is 0 Å². The fraction of sp³-hybridized carbons (Fsp3) is 0.250. The molecule has 0 bridgehead atoms. The second kappa shape index (κ2) is 8.19. The first-order chi connectivity index (χ1) is 12.6. The topological polar surface area (TPSA) is 59.2 Å². The highest BCUT2D eigenvalue weighted by molar-refractivity contribution is 7.97. The highest BCUT2D eigenvalue weighted by atomic mass is 32.2. The van der Waals surface area contributed by atoms with E-state index in [1.54, 1.807) is 23.7 Å². The Kier molecular flexibility index (Phi) is 5.73. The lowest BCUT2D eigenvalue weighted by molar-refractivity contribution is 0.0772. The predicted octanol–water partition coefficient (Wildman–Crippen LogP) is 4.18. The average Bonchev–Trinajstić information content (AvgIpc) is 3.07. The number of carbonyl (C=O) groups excluding carboxylic acids is 1. The smallest absolute Gasteiger partial charge is 0.254 e. The van der Waals surface area contributed by atoms with Crippen LogP contribution in [0.3, 0.4) is 0 Å². The van der Waals surface area contributed by atoms with E-state index in [1.165, 1.54) is 5.56 Å². The Morgan fingerprint density at radius 1 is 1.19 bits per heavy atom. The molecule has 0 spiro atoms. The highest BCUT2D eigenvalue weighted by Gasteiger charge is 2.14. The van der Waals surface area contributed by atoms with Crippen LogP contribution < -0.4 is 0 Å². The minimum Gasteiger partial charge on any atom is -0.359 e. The largest absolute Gasteiger partial charge is 0.359 e. The van der Waals surface area contributed by atoms with Gasteiger partial charge in [0.2, 0.25) is 0 Å². The molecule has 6 heteroatoms. The van der Waals surface area contributed by atoms with E-state index in [9.17, 15) is 4.79 Å². The Balaban J connectivity index is 1.69. The molecule has 0 fully saturated rings. The molecule has 0 aliphatic heterocycles. The molecular formula is C20H21N3O2S. The average molecular weight is 367 g/mol. The summed E-state index contributed by atoms with van der Waals surface area (Å²) < 4.78 is 5.17. The second-order valence-electron chi connectivity index (χ2n) is 6.16. The molecule has 134 valence electrons. The van der Waals surface area contributed by atoms with Crippen LogP contribution in [0.15, 0.2) is 53.2 Å². The summed E-state index contributed by atoms with van der Waals surface area (Å²) >= 11 is 1.77.